The summed E-state index contributed by atoms with van der Waals surface area (Å²) in [5.41, 5.74) is -0.105. The monoisotopic (exact) mass is 394 g/mol. The second-order valence-electron chi connectivity index (χ2n) is 5.47. The molecule has 8 heteroatoms. The summed E-state index contributed by atoms with van der Waals surface area (Å²) in [6.07, 6.45) is 1.17. The average molecular weight is 395 g/mol. The first-order valence-electron chi connectivity index (χ1n) is 7.33. The van der Waals surface area contributed by atoms with E-state index in [-0.39, 0.29) is 11.3 Å². The van der Waals surface area contributed by atoms with Crippen molar-refractivity contribution in [3.8, 4) is 11.3 Å². The smallest absolute Gasteiger partial charge is 0.243 e. The van der Waals surface area contributed by atoms with Crippen molar-refractivity contribution in [2.45, 2.75) is 6.92 Å². The van der Waals surface area contributed by atoms with Gasteiger partial charge in [-0.05, 0) is 36.4 Å². The summed E-state index contributed by atoms with van der Waals surface area (Å²) in [4.78, 5) is 24.4. The highest BCUT2D eigenvalue weighted by Crippen LogP contribution is 2.30. The number of aromatic nitrogens is 2. The molecule has 0 aliphatic rings. The molecular formula is C18H10Cl2F2N2O2. The Bertz CT molecular complexity index is 1030. The lowest BCUT2D eigenvalue weighted by Crippen LogP contribution is -2.07. The Morgan fingerprint density at radius 1 is 1.00 bits per heavy atom. The summed E-state index contributed by atoms with van der Waals surface area (Å²) in [6, 6.07) is 7.04. The van der Waals surface area contributed by atoms with Crippen LogP contribution in [0.4, 0.5) is 8.78 Å². The van der Waals surface area contributed by atoms with E-state index in [0.29, 0.717) is 15.6 Å². The number of carbonyl (C=O) groups excluding carboxylic acids is 2. The Labute approximate surface area is 157 Å². The Morgan fingerprint density at radius 3 is 2.27 bits per heavy atom. The first-order chi connectivity index (χ1) is 12.3. The molecule has 0 saturated heterocycles. The number of nitrogens with zero attached hydrogens (tertiary/aromatic N) is 2. The van der Waals surface area contributed by atoms with Crippen molar-refractivity contribution in [1.29, 1.82) is 0 Å². The fourth-order valence-electron chi connectivity index (χ4n) is 2.42. The normalized spacial score (nSPS) is 10.8. The molecule has 0 fully saturated rings. The average Bonchev–Trinajstić information content (AvgIpc) is 3.01. The molecule has 0 aliphatic carbocycles. The van der Waals surface area contributed by atoms with E-state index >= 15 is 0 Å². The molecule has 1 heterocycles. The summed E-state index contributed by atoms with van der Waals surface area (Å²) in [7, 11) is 0. The van der Waals surface area contributed by atoms with Crippen LogP contribution in [0.3, 0.4) is 0 Å². The van der Waals surface area contributed by atoms with E-state index in [2.05, 4.69) is 5.10 Å². The van der Waals surface area contributed by atoms with E-state index in [1.807, 2.05) is 0 Å². The first kappa shape index (κ1) is 18.2. The van der Waals surface area contributed by atoms with Gasteiger partial charge in [0.2, 0.25) is 5.91 Å². The minimum atomic E-state index is -0.887. The Hall–Kier alpha value is -2.57. The van der Waals surface area contributed by atoms with E-state index in [0.717, 1.165) is 22.9 Å². The van der Waals surface area contributed by atoms with Gasteiger partial charge < -0.3 is 0 Å². The highest BCUT2D eigenvalue weighted by Gasteiger charge is 2.23. The first-order valence-corrected chi connectivity index (χ1v) is 8.08. The van der Waals surface area contributed by atoms with Crippen molar-refractivity contribution in [2.24, 2.45) is 0 Å². The van der Waals surface area contributed by atoms with Crippen LogP contribution >= 0.6 is 23.2 Å². The van der Waals surface area contributed by atoms with Crippen LogP contribution in [-0.2, 0) is 0 Å². The third-order valence-corrected chi connectivity index (χ3v) is 4.03. The van der Waals surface area contributed by atoms with Crippen LogP contribution in [0.1, 0.15) is 27.6 Å². The van der Waals surface area contributed by atoms with Gasteiger partial charge in [0, 0.05) is 28.7 Å². The number of hydrogen-bond donors (Lipinski definition) is 0. The summed E-state index contributed by atoms with van der Waals surface area (Å²) < 4.78 is 28.4. The van der Waals surface area contributed by atoms with Crippen LogP contribution in [0.5, 0.6) is 0 Å². The van der Waals surface area contributed by atoms with Crippen molar-refractivity contribution in [3.63, 3.8) is 0 Å². The van der Waals surface area contributed by atoms with Crippen molar-refractivity contribution < 1.29 is 18.4 Å². The fraction of sp³-hybridized carbons (Fsp3) is 0.0556. The van der Waals surface area contributed by atoms with Gasteiger partial charge in [-0.1, -0.05) is 23.2 Å². The molecule has 0 radical (unpaired) electrons. The van der Waals surface area contributed by atoms with Crippen LogP contribution in [0, 0.1) is 11.6 Å². The van der Waals surface area contributed by atoms with Gasteiger partial charge in [-0.2, -0.15) is 5.10 Å². The summed E-state index contributed by atoms with van der Waals surface area (Å²) in [5, 5.41) is 4.66. The predicted molar refractivity (Wildman–Crippen MR) is 93.8 cm³/mol. The highest BCUT2D eigenvalue weighted by atomic mass is 35.5. The zero-order valence-corrected chi connectivity index (χ0v) is 14.8. The molecule has 3 aromatic rings. The molecule has 0 atom stereocenters. The quantitative estimate of drug-likeness (QED) is 0.585. The number of carbonyl (C=O) groups is 2. The molecule has 2 aromatic carbocycles. The summed E-state index contributed by atoms with van der Waals surface area (Å²) in [5.74, 6) is -2.93. The van der Waals surface area contributed by atoms with Crippen molar-refractivity contribution >= 4 is 34.9 Å². The van der Waals surface area contributed by atoms with E-state index in [9.17, 15) is 18.4 Å². The second-order valence-corrected chi connectivity index (χ2v) is 6.34. The number of halogens is 4. The standard InChI is InChI=1S/C18H10Cl2F2N2O2/c1-9(25)24-8-15(18(26)14-7-13(21)2-3-16(14)22)17(23-24)10-4-11(19)6-12(20)5-10/h2-8H,1H3. The Kier molecular flexibility index (Phi) is 4.89. The Morgan fingerprint density at radius 2 is 1.65 bits per heavy atom. The summed E-state index contributed by atoms with van der Waals surface area (Å²) >= 11 is 12.0. The van der Waals surface area contributed by atoms with Gasteiger partial charge in [0.05, 0.1) is 11.1 Å². The van der Waals surface area contributed by atoms with Gasteiger partial charge >= 0.3 is 0 Å². The molecule has 132 valence electrons. The maximum atomic E-state index is 14.0. The van der Waals surface area contributed by atoms with Crippen LogP contribution < -0.4 is 0 Å². The molecule has 0 aliphatic heterocycles. The number of hydrogen-bond acceptors (Lipinski definition) is 3. The van der Waals surface area contributed by atoms with Gasteiger partial charge in [-0.25, -0.2) is 13.5 Å². The van der Waals surface area contributed by atoms with Gasteiger partial charge in [0.15, 0.2) is 5.78 Å². The number of rotatable bonds is 3. The molecule has 1 aromatic heterocycles. The third-order valence-electron chi connectivity index (χ3n) is 3.59. The molecule has 0 bridgehead atoms. The minimum absolute atomic E-state index is 0.0805. The van der Waals surface area contributed by atoms with E-state index in [1.54, 1.807) is 0 Å². The molecule has 0 unspecified atom stereocenters. The minimum Gasteiger partial charge on any atom is -0.288 e. The van der Waals surface area contributed by atoms with Crippen molar-refractivity contribution in [2.75, 3.05) is 0 Å². The fourth-order valence-corrected chi connectivity index (χ4v) is 2.95. The van der Waals surface area contributed by atoms with Gasteiger partial charge in [0.1, 0.15) is 17.3 Å². The number of ketones is 1. The Balaban J connectivity index is 2.22. The van der Waals surface area contributed by atoms with E-state index < -0.39 is 28.9 Å². The SMILES string of the molecule is CC(=O)n1cc(C(=O)c2cc(F)ccc2F)c(-c2cc(Cl)cc(Cl)c2)n1. The van der Waals surface area contributed by atoms with Gasteiger partial charge in [-0.3, -0.25) is 9.59 Å². The van der Waals surface area contributed by atoms with Gasteiger partial charge in [-0.15, -0.1) is 0 Å². The van der Waals surface area contributed by atoms with Crippen molar-refractivity contribution in [1.82, 2.24) is 9.78 Å². The number of benzene rings is 2. The molecule has 26 heavy (non-hydrogen) atoms. The van der Waals surface area contributed by atoms with Crippen LogP contribution in [0.2, 0.25) is 10.0 Å². The lowest BCUT2D eigenvalue weighted by atomic mass is 10.00. The molecule has 0 N–H and O–H groups in total. The van der Waals surface area contributed by atoms with Gasteiger partial charge in [0.25, 0.3) is 0 Å². The lowest BCUT2D eigenvalue weighted by Gasteiger charge is -2.05. The summed E-state index contributed by atoms with van der Waals surface area (Å²) in [6.45, 7) is 1.25. The van der Waals surface area contributed by atoms with Crippen LogP contribution in [-0.4, -0.2) is 21.5 Å². The van der Waals surface area contributed by atoms with Crippen LogP contribution in [0.15, 0.2) is 42.6 Å². The maximum Gasteiger partial charge on any atom is 0.243 e. The lowest BCUT2D eigenvalue weighted by molar-refractivity contribution is 0.0921. The predicted octanol–water partition coefficient (Wildman–Crippen LogP) is 5.03. The van der Waals surface area contributed by atoms with E-state index in [1.165, 1.54) is 31.3 Å². The van der Waals surface area contributed by atoms with Crippen molar-refractivity contribution in [3.05, 3.63) is 75.4 Å². The molecule has 0 amide bonds. The largest absolute Gasteiger partial charge is 0.288 e. The van der Waals surface area contributed by atoms with Crippen LogP contribution in [0.25, 0.3) is 11.3 Å². The maximum absolute atomic E-state index is 14.0. The molecule has 0 spiro atoms. The molecule has 4 nitrogen and oxygen atoms in total. The van der Waals surface area contributed by atoms with E-state index in [4.69, 9.17) is 23.2 Å². The molecule has 0 saturated carbocycles. The molecule has 3 rings (SSSR count). The molecular weight excluding hydrogens is 385 g/mol. The topological polar surface area (TPSA) is 52.0 Å². The zero-order valence-electron chi connectivity index (χ0n) is 13.3. The zero-order chi connectivity index (χ0) is 19.0. The third kappa shape index (κ3) is 3.52. The highest BCUT2D eigenvalue weighted by molar-refractivity contribution is 6.35. The second kappa shape index (κ2) is 6.97.